The maximum Gasteiger partial charge on any atom is 0.182 e. The standard InChI is InChI=1S/C12H18Br2O3/c1-11(2,15)6-5-7-9(13)10(14)8(6)12(7,16-3)17-4/h6-8,15H,5H2,1-4H3/t6-,7-,8+/m0/s1. The second-order valence-corrected chi connectivity index (χ2v) is 7.06. The number of fused-ring (bicyclic) bond motifs is 2. The van der Waals surface area contributed by atoms with Gasteiger partial charge in [0.25, 0.3) is 0 Å². The van der Waals surface area contributed by atoms with Gasteiger partial charge in [-0.1, -0.05) is 31.9 Å². The molecule has 0 aliphatic heterocycles. The Morgan fingerprint density at radius 3 is 2.12 bits per heavy atom. The van der Waals surface area contributed by atoms with Crippen LogP contribution in [0.25, 0.3) is 0 Å². The third-order valence-electron chi connectivity index (χ3n) is 4.16. The summed E-state index contributed by atoms with van der Waals surface area (Å²) in [6.45, 7) is 3.70. The monoisotopic (exact) mass is 368 g/mol. The summed E-state index contributed by atoms with van der Waals surface area (Å²) in [5.74, 6) is -0.337. The average Bonchev–Trinajstić information content (AvgIpc) is 2.69. The lowest BCUT2D eigenvalue weighted by molar-refractivity contribution is -0.236. The van der Waals surface area contributed by atoms with Gasteiger partial charge in [0, 0.05) is 35.0 Å². The van der Waals surface area contributed by atoms with E-state index in [0.29, 0.717) is 0 Å². The molecule has 0 aromatic heterocycles. The summed E-state index contributed by atoms with van der Waals surface area (Å²) >= 11 is 7.22. The summed E-state index contributed by atoms with van der Waals surface area (Å²) in [4.78, 5) is 0. The molecule has 3 atom stereocenters. The van der Waals surface area contributed by atoms with Gasteiger partial charge in [-0.2, -0.15) is 0 Å². The van der Waals surface area contributed by atoms with Gasteiger partial charge in [0.15, 0.2) is 5.79 Å². The molecule has 0 heterocycles. The third kappa shape index (κ3) is 1.77. The van der Waals surface area contributed by atoms with Crippen LogP contribution in [0, 0.1) is 17.8 Å². The molecule has 0 radical (unpaired) electrons. The first-order valence-electron chi connectivity index (χ1n) is 5.67. The van der Waals surface area contributed by atoms with Crippen LogP contribution in [0.3, 0.4) is 0 Å². The molecule has 3 nitrogen and oxygen atoms in total. The SMILES string of the molecule is COC1(OC)[C@H]2C[C@H](C(C)(C)O)[C@@H]1C(Br)=C2Br. The van der Waals surface area contributed by atoms with Gasteiger partial charge in [0.2, 0.25) is 0 Å². The highest BCUT2D eigenvalue weighted by Gasteiger charge is 2.65. The van der Waals surface area contributed by atoms with Gasteiger partial charge in [-0.15, -0.1) is 0 Å². The fraction of sp³-hybridized carbons (Fsp3) is 0.833. The molecule has 0 unspecified atom stereocenters. The van der Waals surface area contributed by atoms with Gasteiger partial charge in [-0.25, -0.2) is 0 Å². The maximum absolute atomic E-state index is 10.3. The lowest BCUT2D eigenvalue weighted by Crippen LogP contribution is -2.44. The van der Waals surface area contributed by atoms with Crippen LogP contribution in [0.2, 0.25) is 0 Å². The average molecular weight is 370 g/mol. The molecule has 2 aliphatic carbocycles. The Kier molecular flexibility index (Phi) is 3.54. The maximum atomic E-state index is 10.3. The number of hydrogen-bond acceptors (Lipinski definition) is 3. The molecule has 0 amide bonds. The van der Waals surface area contributed by atoms with Crippen LogP contribution in [0.1, 0.15) is 20.3 Å². The Morgan fingerprint density at radius 1 is 1.24 bits per heavy atom. The predicted molar refractivity (Wildman–Crippen MR) is 73.0 cm³/mol. The van der Waals surface area contributed by atoms with Crippen LogP contribution in [0.4, 0.5) is 0 Å². The minimum atomic E-state index is -0.742. The molecule has 2 bridgehead atoms. The van der Waals surface area contributed by atoms with E-state index in [0.717, 1.165) is 15.4 Å². The zero-order valence-electron chi connectivity index (χ0n) is 10.5. The smallest absolute Gasteiger partial charge is 0.182 e. The lowest BCUT2D eigenvalue weighted by Gasteiger charge is -2.36. The molecule has 2 rings (SSSR count). The van der Waals surface area contributed by atoms with Crippen molar-refractivity contribution in [2.24, 2.45) is 17.8 Å². The van der Waals surface area contributed by atoms with E-state index >= 15 is 0 Å². The number of aliphatic hydroxyl groups is 1. The topological polar surface area (TPSA) is 38.7 Å². The summed E-state index contributed by atoms with van der Waals surface area (Å²) < 4.78 is 13.5. The number of ether oxygens (including phenoxy) is 2. The van der Waals surface area contributed by atoms with Crippen molar-refractivity contribution in [1.29, 1.82) is 0 Å². The Hall–Kier alpha value is 0.580. The molecule has 0 aromatic rings. The van der Waals surface area contributed by atoms with Crippen molar-refractivity contribution in [3.8, 4) is 0 Å². The van der Waals surface area contributed by atoms with Crippen LogP contribution in [-0.4, -0.2) is 30.7 Å². The van der Waals surface area contributed by atoms with E-state index in [1.807, 2.05) is 13.8 Å². The quantitative estimate of drug-likeness (QED) is 0.777. The van der Waals surface area contributed by atoms with Crippen LogP contribution < -0.4 is 0 Å². The molecule has 0 saturated heterocycles. The van der Waals surface area contributed by atoms with Crippen LogP contribution in [-0.2, 0) is 9.47 Å². The van der Waals surface area contributed by atoms with E-state index in [9.17, 15) is 5.11 Å². The predicted octanol–water partition coefficient (Wildman–Crippen LogP) is 3.01. The van der Waals surface area contributed by atoms with E-state index < -0.39 is 11.4 Å². The number of rotatable bonds is 3. The molecule has 1 fully saturated rings. The molecule has 2 aliphatic rings. The van der Waals surface area contributed by atoms with Crippen molar-refractivity contribution < 1.29 is 14.6 Å². The second kappa shape index (κ2) is 4.30. The zero-order chi connectivity index (χ0) is 13.0. The molecule has 17 heavy (non-hydrogen) atoms. The number of methoxy groups -OCH3 is 2. The fourth-order valence-electron chi connectivity index (χ4n) is 3.32. The Bertz CT molecular complexity index is 355. The van der Waals surface area contributed by atoms with Crippen LogP contribution >= 0.6 is 31.9 Å². The number of halogens is 2. The molecule has 5 heteroatoms. The van der Waals surface area contributed by atoms with E-state index in [1.165, 1.54) is 0 Å². The first kappa shape index (κ1) is 14.0. The highest BCUT2D eigenvalue weighted by Crippen LogP contribution is 2.64. The highest BCUT2D eigenvalue weighted by molar-refractivity contribution is 9.14. The molecule has 1 saturated carbocycles. The normalized spacial score (nSPS) is 35.8. The van der Waals surface area contributed by atoms with Gasteiger partial charge in [0.05, 0.1) is 11.5 Å². The Balaban J connectivity index is 2.46. The van der Waals surface area contributed by atoms with Crippen molar-refractivity contribution in [3.05, 3.63) is 8.96 Å². The van der Waals surface area contributed by atoms with E-state index in [4.69, 9.17) is 9.47 Å². The summed E-state index contributed by atoms with van der Waals surface area (Å²) in [6, 6.07) is 0. The molecule has 98 valence electrons. The van der Waals surface area contributed by atoms with Gasteiger partial charge in [-0.05, 0) is 20.3 Å². The van der Waals surface area contributed by atoms with Gasteiger partial charge in [0.1, 0.15) is 0 Å². The van der Waals surface area contributed by atoms with Gasteiger partial charge < -0.3 is 14.6 Å². The van der Waals surface area contributed by atoms with Crippen molar-refractivity contribution in [3.63, 3.8) is 0 Å². The zero-order valence-corrected chi connectivity index (χ0v) is 13.6. The first-order chi connectivity index (χ1) is 7.79. The molecular formula is C12H18Br2O3. The highest BCUT2D eigenvalue weighted by atomic mass is 79.9. The Labute approximate surface area is 119 Å². The molecular weight excluding hydrogens is 352 g/mol. The third-order valence-corrected chi connectivity index (χ3v) is 6.60. The molecule has 0 spiro atoms. The lowest BCUT2D eigenvalue weighted by atomic mass is 9.80. The summed E-state index contributed by atoms with van der Waals surface area (Å²) in [6.07, 6.45) is 0.867. The minimum absolute atomic E-state index is 0.0388. The number of hydrogen-bond donors (Lipinski definition) is 1. The fourth-order valence-corrected chi connectivity index (χ4v) is 4.98. The van der Waals surface area contributed by atoms with Crippen LogP contribution in [0.5, 0.6) is 0 Å². The van der Waals surface area contributed by atoms with Crippen molar-refractivity contribution in [2.75, 3.05) is 14.2 Å². The summed E-state index contributed by atoms with van der Waals surface area (Å²) in [7, 11) is 3.34. The second-order valence-electron chi connectivity index (χ2n) is 5.35. The largest absolute Gasteiger partial charge is 0.390 e. The van der Waals surface area contributed by atoms with Crippen molar-refractivity contribution in [2.45, 2.75) is 31.7 Å². The molecule has 1 N–H and O–H groups in total. The van der Waals surface area contributed by atoms with Gasteiger partial charge >= 0.3 is 0 Å². The first-order valence-corrected chi connectivity index (χ1v) is 7.26. The summed E-state index contributed by atoms with van der Waals surface area (Å²) in [5.41, 5.74) is -0.742. The van der Waals surface area contributed by atoms with Crippen LogP contribution in [0.15, 0.2) is 8.96 Å². The minimum Gasteiger partial charge on any atom is -0.390 e. The van der Waals surface area contributed by atoms with E-state index in [-0.39, 0.29) is 17.8 Å². The Morgan fingerprint density at radius 2 is 1.76 bits per heavy atom. The van der Waals surface area contributed by atoms with E-state index in [1.54, 1.807) is 14.2 Å². The van der Waals surface area contributed by atoms with Crippen molar-refractivity contribution >= 4 is 31.9 Å². The van der Waals surface area contributed by atoms with Gasteiger partial charge in [-0.3, -0.25) is 0 Å². The van der Waals surface area contributed by atoms with Crippen molar-refractivity contribution in [1.82, 2.24) is 0 Å². The summed E-state index contributed by atoms with van der Waals surface area (Å²) in [5, 5.41) is 10.3. The molecule has 0 aromatic carbocycles. The van der Waals surface area contributed by atoms with E-state index in [2.05, 4.69) is 31.9 Å².